The van der Waals surface area contributed by atoms with Gasteiger partial charge < -0.3 is 10.2 Å². The number of rotatable bonds is 5. The van der Waals surface area contributed by atoms with E-state index in [1.54, 1.807) is 0 Å². The molecule has 0 atom stereocenters. The summed E-state index contributed by atoms with van der Waals surface area (Å²) in [5.41, 5.74) is 5.73. The molecular weight excluding hydrogens is 232 g/mol. The summed E-state index contributed by atoms with van der Waals surface area (Å²) in [5.74, 6) is 0.971. The minimum atomic E-state index is -0.0776. The zero-order chi connectivity index (χ0) is 12.6. The molecule has 2 aliphatic rings. The molecule has 1 aromatic heterocycles. The van der Waals surface area contributed by atoms with Gasteiger partial charge in [0.2, 0.25) is 11.8 Å². The van der Waals surface area contributed by atoms with Crippen LogP contribution >= 0.6 is 0 Å². The van der Waals surface area contributed by atoms with Crippen LogP contribution in [-0.4, -0.2) is 22.6 Å². The molecule has 1 amide bonds. The molecule has 18 heavy (non-hydrogen) atoms. The van der Waals surface area contributed by atoms with E-state index in [0.717, 1.165) is 32.1 Å². The molecule has 0 radical (unpaired) electrons. The molecule has 3 N–H and O–H groups in total. The first-order chi connectivity index (χ1) is 8.71. The molecule has 2 saturated carbocycles. The summed E-state index contributed by atoms with van der Waals surface area (Å²) in [6.45, 7) is 0.567. The number of amides is 1. The SMILES string of the molecule is NCC1(CC(=O)Nc2nnc(C3CC3)o2)CCC1. The van der Waals surface area contributed by atoms with Gasteiger partial charge in [-0.3, -0.25) is 10.1 Å². The molecule has 1 aromatic rings. The van der Waals surface area contributed by atoms with Gasteiger partial charge in [-0.25, -0.2) is 0 Å². The number of aromatic nitrogens is 2. The molecule has 98 valence electrons. The van der Waals surface area contributed by atoms with Crippen molar-refractivity contribution < 1.29 is 9.21 Å². The van der Waals surface area contributed by atoms with Crippen LogP contribution in [0.1, 0.15) is 50.3 Å². The van der Waals surface area contributed by atoms with Gasteiger partial charge in [-0.2, -0.15) is 0 Å². The van der Waals surface area contributed by atoms with Gasteiger partial charge in [-0.05, 0) is 37.6 Å². The lowest BCUT2D eigenvalue weighted by molar-refractivity contribution is -0.119. The molecule has 1 heterocycles. The van der Waals surface area contributed by atoms with Crippen molar-refractivity contribution >= 4 is 11.9 Å². The van der Waals surface area contributed by atoms with E-state index in [2.05, 4.69) is 15.5 Å². The Morgan fingerprint density at radius 1 is 1.44 bits per heavy atom. The third-order valence-corrected chi connectivity index (χ3v) is 4.00. The van der Waals surface area contributed by atoms with Crippen LogP contribution in [0.4, 0.5) is 6.01 Å². The normalized spacial score (nSPS) is 21.4. The quantitative estimate of drug-likeness (QED) is 0.823. The molecule has 6 nitrogen and oxygen atoms in total. The molecule has 0 bridgehead atoms. The van der Waals surface area contributed by atoms with Gasteiger partial charge >= 0.3 is 6.01 Å². The zero-order valence-corrected chi connectivity index (χ0v) is 10.3. The van der Waals surface area contributed by atoms with E-state index in [1.165, 1.54) is 0 Å². The van der Waals surface area contributed by atoms with Crippen molar-refractivity contribution in [1.82, 2.24) is 10.2 Å². The molecular formula is C12H18N4O2. The summed E-state index contributed by atoms with van der Waals surface area (Å²) < 4.78 is 5.39. The van der Waals surface area contributed by atoms with Crippen LogP contribution in [0.3, 0.4) is 0 Å². The first kappa shape index (κ1) is 11.6. The van der Waals surface area contributed by atoms with Gasteiger partial charge in [0.1, 0.15) is 0 Å². The van der Waals surface area contributed by atoms with E-state index in [9.17, 15) is 4.79 Å². The number of carbonyl (C=O) groups excluding carboxylic acids is 1. The first-order valence-corrected chi connectivity index (χ1v) is 6.54. The van der Waals surface area contributed by atoms with Crippen LogP contribution in [-0.2, 0) is 4.79 Å². The van der Waals surface area contributed by atoms with E-state index in [4.69, 9.17) is 10.2 Å². The molecule has 0 saturated heterocycles. The number of hydrogen-bond donors (Lipinski definition) is 2. The summed E-state index contributed by atoms with van der Waals surface area (Å²) in [7, 11) is 0. The number of anilines is 1. The van der Waals surface area contributed by atoms with Crippen molar-refractivity contribution in [3.8, 4) is 0 Å². The highest BCUT2D eigenvalue weighted by Gasteiger charge is 2.38. The monoisotopic (exact) mass is 250 g/mol. The summed E-state index contributed by atoms with van der Waals surface area (Å²) >= 11 is 0. The molecule has 3 rings (SSSR count). The summed E-state index contributed by atoms with van der Waals surface area (Å²) in [4.78, 5) is 11.9. The van der Waals surface area contributed by atoms with Crippen molar-refractivity contribution in [2.24, 2.45) is 11.1 Å². The van der Waals surface area contributed by atoms with Crippen LogP contribution in [0, 0.1) is 5.41 Å². The lowest BCUT2D eigenvalue weighted by Crippen LogP contribution is -2.40. The predicted molar refractivity (Wildman–Crippen MR) is 64.9 cm³/mol. The van der Waals surface area contributed by atoms with Crippen LogP contribution < -0.4 is 11.1 Å². The number of carbonyl (C=O) groups is 1. The van der Waals surface area contributed by atoms with Crippen LogP contribution in [0.5, 0.6) is 0 Å². The maximum Gasteiger partial charge on any atom is 0.322 e. The Bertz CT molecular complexity index is 443. The Morgan fingerprint density at radius 2 is 2.22 bits per heavy atom. The smallest absolute Gasteiger partial charge is 0.322 e. The molecule has 0 spiro atoms. The third kappa shape index (κ3) is 2.25. The first-order valence-electron chi connectivity index (χ1n) is 6.54. The maximum atomic E-state index is 11.9. The van der Waals surface area contributed by atoms with Crippen molar-refractivity contribution in [3.05, 3.63) is 5.89 Å². The summed E-state index contributed by atoms with van der Waals surface area (Å²) in [6.07, 6.45) is 5.89. The average molecular weight is 250 g/mol. The van der Waals surface area contributed by atoms with Gasteiger partial charge in [0.05, 0.1) is 0 Å². The molecule has 2 fully saturated rings. The van der Waals surface area contributed by atoms with Crippen molar-refractivity contribution in [2.75, 3.05) is 11.9 Å². The number of nitrogens with zero attached hydrogens (tertiary/aromatic N) is 2. The zero-order valence-electron chi connectivity index (χ0n) is 10.3. The fraction of sp³-hybridized carbons (Fsp3) is 0.750. The predicted octanol–water partition coefficient (Wildman–Crippen LogP) is 1.40. The van der Waals surface area contributed by atoms with Gasteiger partial charge in [0.15, 0.2) is 0 Å². The standard InChI is InChI=1S/C12H18N4O2/c13-7-12(4-1-5-12)6-9(17)14-11-16-15-10(18-11)8-2-3-8/h8H,1-7,13H2,(H,14,16,17). The molecule has 0 unspecified atom stereocenters. The maximum absolute atomic E-state index is 11.9. The van der Waals surface area contributed by atoms with Crippen molar-refractivity contribution in [2.45, 2.75) is 44.4 Å². The van der Waals surface area contributed by atoms with E-state index in [0.29, 0.717) is 24.8 Å². The average Bonchev–Trinajstić information content (AvgIpc) is 3.06. The molecule has 0 aliphatic heterocycles. The number of hydrogen-bond acceptors (Lipinski definition) is 5. The van der Waals surface area contributed by atoms with Gasteiger partial charge in [0.25, 0.3) is 0 Å². The Hall–Kier alpha value is -1.43. The third-order valence-electron chi connectivity index (χ3n) is 4.00. The van der Waals surface area contributed by atoms with Crippen LogP contribution in [0.15, 0.2) is 4.42 Å². The van der Waals surface area contributed by atoms with E-state index in [1.807, 2.05) is 0 Å². The molecule has 0 aromatic carbocycles. The Morgan fingerprint density at radius 3 is 2.78 bits per heavy atom. The fourth-order valence-electron chi connectivity index (χ4n) is 2.41. The van der Waals surface area contributed by atoms with Crippen molar-refractivity contribution in [1.29, 1.82) is 0 Å². The lowest BCUT2D eigenvalue weighted by Gasteiger charge is -2.40. The number of nitrogens with one attached hydrogen (secondary N) is 1. The number of nitrogens with two attached hydrogens (primary N) is 1. The summed E-state index contributed by atoms with van der Waals surface area (Å²) in [5, 5.41) is 10.4. The van der Waals surface area contributed by atoms with Crippen molar-refractivity contribution in [3.63, 3.8) is 0 Å². The largest absolute Gasteiger partial charge is 0.408 e. The molecule has 6 heteroatoms. The van der Waals surface area contributed by atoms with Gasteiger partial charge in [-0.15, -0.1) is 5.10 Å². The van der Waals surface area contributed by atoms with Gasteiger partial charge in [0, 0.05) is 12.3 Å². The second-order valence-corrected chi connectivity index (χ2v) is 5.50. The van der Waals surface area contributed by atoms with Crippen LogP contribution in [0.2, 0.25) is 0 Å². The van der Waals surface area contributed by atoms with E-state index >= 15 is 0 Å². The topological polar surface area (TPSA) is 94.0 Å². The Balaban J connectivity index is 1.56. The second-order valence-electron chi connectivity index (χ2n) is 5.50. The lowest BCUT2D eigenvalue weighted by atomic mass is 9.66. The molecule has 2 aliphatic carbocycles. The van der Waals surface area contributed by atoms with E-state index < -0.39 is 0 Å². The highest BCUT2D eigenvalue weighted by atomic mass is 16.4. The highest BCUT2D eigenvalue weighted by molar-refractivity contribution is 5.89. The Kier molecular flexibility index (Phi) is 2.81. The van der Waals surface area contributed by atoms with Gasteiger partial charge in [-0.1, -0.05) is 11.5 Å². The minimum Gasteiger partial charge on any atom is -0.408 e. The van der Waals surface area contributed by atoms with E-state index in [-0.39, 0.29) is 17.3 Å². The Labute approximate surface area is 105 Å². The fourth-order valence-corrected chi connectivity index (χ4v) is 2.41. The summed E-state index contributed by atoms with van der Waals surface area (Å²) in [6, 6.07) is 0.216. The minimum absolute atomic E-state index is 0.00340. The highest BCUT2D eigenvalue weighted by Crippen LogP contribution is 2.43. The van der Waals surface area contributed by atoms with Crippen LogP contribution in [0.25, 0.3) is 0 Å². The second kappa shape index (κ2) is 4.35.